The Labute approximate surface area is 339 Å². The van der Waals surface area contributed by atoms with E-state index >= 15 is 0 Å². The summed E-state index contributed by atoms with van der Waals surface area (Å²) in [7, 11) is 4.61. The van der Waals surface area contributed by atoms with Gasteiger partial charge in [-0.05, 0) is 95.5 Å². The Bertz CT molecular complexity index is 1480. The molecule has 1 saturated carbocycles. The second-order valence-corrected chi connectivity index (χ2v) is 17.3. The number of carbonyl (C=O) groups is 4. The van der Waals surface area contributed by atoms with Crippen molar-refractivity contribution in [1.29, 1.82) is 0 Å². The second kappa shape index (κ2) is 21.0. The van der Waals surface area contributed by atoms with Crippen LogP contribution in [0.25, 0.3) is 0 Å². The van der Waals surface area contributed by atoms with Crippen LogP contribution in [-0.2, 0) is 42.9 Å². The van der Waals surface area contributed by atoms with Crippen molar-refractivity contribution in [1.82, 2.24) is 4.90 Å². The highest BCUT2D eigenvalue weighted by molar-refractivity contribution is 6.39. The third-order valence-electron chi connectivity index (χ3n) is 12.9. The maximum atomic E-state index is 14.3. The molecule has 0 spiro atoms. The van der Waals surface area contributed by atoms with E-state index in [1.807, 2.05) is 32.9 Å². The molecule has 0 unspecified atom stereocenters. The SMILES string of the molecule is C=CC[C@@H]1C=C(C)C[C@H](C)C[C@H](OC)[C@H]2O[C@@](O)(C(=O)C(=O)N3CCCC[C@@H]3C(=O)O[C@H](/C(C)=C\[C@@H]3CC[C@H](O)[C@H](OC)C3)[C@H](C)[C@H](O)CC1=O)[C@H](C)C[C@H]2OC. The Balaban J connectivity index is 1.78. The summed E-state index contributed by atoms with van der Waals surface area (Å²) in [5, 5.41) is 34.1. The monoisotopic (exact) mass is 803 g/mol. The molecule has 0 aromatic rings. The Hall–Kier alpha value is -2.78. The number of nitrogens with zero attached hydrogens (tertiary/aromatic N) is 1. The van der Waals surface area contributed by atoms with E-state index in [1.165, 1.54) is 19.1 Å². The zero-order valence-corrected chi connectivity index (χ0v) is 35.4. The molecule has 14 atom stereocenters. The minimum Gasteiger partial charge on any atom is -0.456 e. The van der Waals surface area contributed by atoms with E-state index < -0.39 is 83.9 Å². The molecule has 3 fully saturated rings. The van der Waals surface area contributed by atoms with Crippen molar-refractivity contribution in [3.63, 3.8) is 0 Å². The number of aliphatic hydroxyl groups excluding tert-OH is 2. The van der Waals surface area contributed by atoms with Gasteiger partial charge in [-0.1, -0.05) is 44.6 Å². The number of carbonyl (C=O) groups excluding carboxylic acids is 4. The van der Waals surface area contributed by atoms with Crippen molar-refractivity contribution in [3.05, 3.63) is 36.0 Å². The molecule has 0 radical (unpaired) electrons. The van der Waals surface area contributed by atoms with Gasteiger partial charge in [-0.2, -0.15) is 0 Å². The number of ketones is 2. The minimum atomic E-state index is -2.51. The smallest absolute Gasteiger partial charge is 0.329 e. The van der Waals surface area contributed by atoms with Gasteiger partial charge in [-0.15, -0.1) is 6.58 Å². The van der Waals surface area contributed by atoms with Crippen molar-refractivity contribution >= 4 is 23.4 Å². The largest absolute Gasteiger partial charge is 0.456 e. The van der Waals surface area contributed by atoms with Crippen molar-refractivity contribution in [3.8, 4) is 0 Å². The van der Waals surface area contributed by atoms with E-state index in [2.05, 4.69) is 6.58 Å². The lowest BCUT2D eigenvalue weighted by atomic mass is 9.81. The van der Waals surface area contributed by atoms with Crippen LogP contribution in [0.1, 0.15) is 105 Å². The normalized spacial score (nSPS) is 40.1. The lowest BCUT2D eigenvalue weighted by molar-refractivity contribution is -0.302. The Kier molecular flexibility index (Phi) is 17.2. The first-order valence-corrected chi connectivity index (χ1v) is 20.9. The van der Waals surface area contributed by atoms with Crippen LogP contribution in [0.4, 0.5) is 0 Å². The summed E-state index contributed by atoms with van der Waals surface area (Å²) in [4.78, 5) is 57.8. The highest BCUT2D eigenvalue weighted by Gasteiger charge is 2.56. The van der Waals surface area contributed by atoms with Gasteiger partial charge in [0, 0.05) is 52.0 Å². The van der Waals surface area contributed by atoms with Gasteiger partial charge in [0.05, 0.1) is 30.5 Å². The molecule has 322 valence electrons. The predicted octanol–water partition coefficient (Wildman–Crippen LogP) is 4.64. The molecule has 3 heterocycles. The standard InChI is InChI=1S/C44H69NO12/c1-10-13-31-19-25(2)18-26(3)20-37(54-8)40-38(55-9)22-28(5)44(52,57-40)41(49)42(50)45-17-12-11-14-32(45)43(51)56-39(29(6)34(47)24-35(31)48)27(4)21-30-15-16-33(46)36(23-30)53-7/h10,19,21,26,28-34,36-40,46-47,52H,1,11-18,20,22-24H2,2-9H3/b25-19?,27-21-/t26-,28+,29+,30-,31+,32+,33-,34+,36+,37-,38+,39+,40+,44+/m0/s1. The van der Waals surface area contributed by atoms with Crippen LogP contribution in [0, 0.1) is 29.6 Å². The molecular formula is C44H69NO12. The predicted molar refractivity (Wildman–Crippen MR) is 213 cm³/mol. The zero-order chi connectivity index (χ0) is 42.2. The van der Waals surface area contributed by atoms with Gasteiger partial charge in [0.25, 0.3) is 11.7 Å². The van der Waals surface area contributed by atoms with Crippen LogP contribution in [0.3, 0.4) is 0 Å². The number of aliphatic hydroxyl groups is 3. The zero-order valence-electron chi connectivity index (χ0n) is 35.4. The number of piperidine rings is 1. The fourth-order valence-corrected chi connectivity index (χ4v) is 9.42. The molecule has 2 bridgehead atoms. The summed E-state index contributed by atoms with van der Waals surface area (Å²) in [5.74, 6) is -7.76. The summed E-state index contributed by atoms with van der Waals surface area (Å²) in [6.45, 7) is 13.1. The third-order valence-corrected chi connectivity index (χ3v) is 12.9. The first-order chi connectivity index (χ1) is 27.0. The molecule has 2 saturated heterocycles. The highest BCUT2D eigenvalue weighted by atomic mass is 16.7. The lowest BCUT2D eigenvalue weighted by Gasteiger charge is -2.47. The van der Waals surface area contributed by atoms with Crippen LogP contribution in [0.15, 0.2) is 36.0 Å². The minimum absolute atomic E-state index is 0.00988. The quantitative estimate of drug-likeness (QED) is 0.185. The fourth-order valence-electron chi connectivity index (χ4n) is 9.42. The summed E-state index contributed by atoms with van der Waals surface area (Å²) in [6, 6.07) is -1.14. The first-order valence-electron chi connectivity index (χ1n) is 20.9. The van der Waals surface area contributed by atoms with E-state index in [0.29, 0.717) is 56.9 Å². The number of fused-ring (bicyclic) bond motifs is 3. The maximum Gasteiger partial charge on any atom is 0.329 e. The fraction of sp³-hybridized carbons (Fsp3) is 0.773. The van der Waals surface area contributed by atoms with Gasteiger partial charge < -0.3 is 43.9 Å². The Morgan fingerprint density at radius 2 is 1.60 bits per heavy atom. The highest BCUT2D eigenvalue weighted by Crippen LogP contribution is 2.39. The second-order valence-electron chi connectivity index (χ2n) is 17.3. The maximum absolute atomic E-state index is 14.3. The van der Waals surface area contributed by atoms with Gasteiger partial charge in [-0.3, -0.25) is 14.4 Å². The molecule has 0 aromatic carbocycles. The number of methoxy groups -OCH3 is 3. The average molecular weight is 804 g/mol. The van der Waals surface area contributed by atoms with Gasteiger partial charge in [0.15, 0.2) is 0 Å². The van der Waals surface area contributed by atoms with E-state index in [0.717, 1.165) is 5.57 Å². The molecule has 4 aliphatic rings. The number of esters is 1. The number of allylic oxidation sites excluding steroid dienone is 4. The van der Waals surface area contributed by atoms with Gasteiger partial charge in [0.2, 0.25) is 5.79 Å². The molecule has 3 N–H and O–H groups in total. The molecule has 1 aliphatic carbocycles. The van der Waals surface area contributed by atoms with Crippen molar-refractivity contribution in [2.24, 2.45) is 29.6 Å². The van der Waals surface area contributed by atoms with Gasteiger partial charge in [-0.25, -0.2) is 4.79 Å². The third kappa shape index (κ3) is 11.3. The molecule has 13 heteroatoms. The molecule has 3 aliphatic heterocycles. The average Bonchev–Trinajstić information content (AvgIpc) is 3.18. The van der Waals surface area contributed by atoms with E-state index in [9.17, 15) is 34.5 Å². The number of hydrogen-bond donors (Lipinski definition) is 3. The van der Waals surface area contributed by atoms with Crippen LogP contribution < -0.4 is 0 Å². The van der Waals surface area contributed by atoms with Crippen molar-refractivity contribution in [2.75, 3.05) is 27.9 Å². The summed E-state index contributed by atoms with van der Waals surface area (Å²) in [5.41, 5.74) is 1.61. The van der Waals surface area contributed by atoms with Gasteiger partial charge >= 0.3 is 5.97 Å². The number of ether oxygens (including phenoxy) is 5. The van der Waals surface area contributed by atoms with E-state index in [-0.39, 0.29) is 49.5 Å². The molecule has 13 nitrogen and oxygen atoms in total. The molecule has 1 amide bonds. The van der Waals surface area contributed by atoms with Crippen LogP contribution in [0.5, 0.6) is 0 Å². The summed E-state index contributed by atoms with van der Waals surface area (Å²) < 4.78 is 29.7. The number of amides is 1. The van der Waals surface area contributed by atoms with E-state index in [4.69, 9.17) is 23.7 Å². The lowest BCUT2D eigenvalue weighted by Crippen LogP contribution is -2.64. The Morgan fingerprint density at radius 1 is 0.930 bits per heavy atom. The molecule has 0 aromatic heterocycles. The first kappa shape index (κ1) is 46.9. The number of cyclic esters (lactones) is 1. The van der Waals surface area contributed by atoms with Crippen LogP contribution in [0.2, 0.25) is 0 Å². The molecular weight excluding hydrogens is 734 g/mol. The van der Waals surface area contributed by atoms with Crippen LogP contribution in [-0.4, -0.2) is 126 Å². The Morgan fingerprint density at radius 3 is 2.25 bits per heavy atom. The number of hydrogen-bond acceptors (Lipinski definition) is 12. The van der Waals surface area contributed by atoms with Crippen LogP contribution >= 0.6 is 0 Å². The number of rotatable bonds is 7. The van der Waals surface area contributed by atoms with Gasteiger partial charge in [0.1, 0.15) is 24.0 Å². The molecule has 4 rings (SSSR count). The van der Waals surface area contributed by atoms with E-state index in [1.54, 1.807) is 27.0 Å². The summed E-state index contributed by atoms with van der Waals surface area (Å²) in [6.07, 6.45) is 4.93. The summed E-state index contributed by atoms with van der Waals surface area (Å²) >= 11 is 0. The number of Topliss-reactive ketones (excluding diaryl/α,β-unsaturated/α-hetero) is 2. The molecule has 57 heavy (non-hydrogen) atoms. The topological polar surface area (TPSA) is 178 Å². The van der Waals surface area contributed by atoms with Crippen molar-refractivity contribution < 1.29 is 58.2 Å². The van der Waals surface area contributed by atoms with Crippen molar-refractivity contribution in [2.45, 2.75) is 160 Å².